The monoisotopic (exact) mass is 584 g/mol. The summed E-state index contributed by atoms with van der Waals surface area (Å²) >= 11 is 13.5. The first-order chi connectivity index (χ1) is 11.4. The fraction of sp³-hybridized carbons (Fsp3) is 0.250. The van der Waals surface area contributed by atoms with Crippen LogP contribution < -0.4 is 10.6 Å². The third-order valence-electron chi connectivity index (χ3n) is 3.32. The van der Waals surface area contributed by atoms with Gasteiger partial charge in [-0.05, 0) is 56.1 Å². The molecule has 0 fully saturated rings. The van der Waals surface area contributed by atoms with E-state index in [1.807, 2.05) is 24.3 Å². The van der Waals surface area contributed by atoms with Crippen molar-refractivity contribution in [3.05, 3.63) is 53.3 Å². The van der Waals surface area contributed by atoms with Crippen molar-refractivity contribution in [2.24, 2.45) is 0 Å². The Labute approximate surface area is 174 Å². The molecular weight excluding hydrogens is 572 g/mol. The van der Waals surface area contributed by atoms with E-state index in [9.17, 15) is 10.2 Å². The summed E-state index contributed by atoms with van der Waals surface area (Å²) in [6.45, 7) is 2.61. The first-order valence-electron chi connectivity index (χ1n) is 7.13. The highest BCUT2D eigenvalue weighted by molar-refractivity contribution is 9.11. The van der Waals surface area contributed by atoms with Gasteiger partial charge >= 0.3 is 0 Å². The molecule has 0 amide bonds. The van der Waals surface area contributed by atoms with Gasteiger partial charge in [0.2, 0.25) is 0 Å². The second kappa shape index (κ2) is 9.54. The number of hydrogen-bond acceptors (Lipinski definition) is 4. The normalized spacial score (nSPS) is 11.0. The second-order valence-corrected chi connectivity index (χ2v) is 8.68. The molecule has 2 rings (SSSR count). The van der Waals surface area contributed by atoms with Gasteiger partial charge in [0.15, 0.2) is 0 Å². The Balaban J connectivity index is 1.77. The van der Waals surface area contributed by atoms with Gasteiger partial charge < -0.3 is 20.8 Å². The maximum atomic E-state index is 10.00. The molecule has 0 radical (unpaired) electrons. The summed E-state index contributed by atoms with van der Waals surface area (Å²) in [7, 11) is 0. The maximum Gasteiger partial charge on any atom is 0.134 e. The van der Waals surface area contributed by atoms with Crippen LogP contribution in [-0.2, 0) is 13.1 Å². The molecule has 0 aliphatic carbocycles. The highest BCUT2D eigenvalue weighted by atomic mass is 79.9. The van der Waals surface area contributed by atoms with Gasteiger partial charge in [-0.1, -0.05) is 31.9 Å². The van der Waals surface area contributed by atoms with Crippen LogP contribution in [0.15, 0.2) is 42.2 Å². The summed E-state index contributed by atoms with van der Waals surface area (Å²) in [6.07, 6.45) is 0. The Morgan fingerprint density at radius 3 is 1.42 bits per heavy atom. The molecule has 0 saturated heterocycles. The zero-order valence-corrected chi connectivity index (χ0v) is 18.9. The molecule has 2 aromatic carbocycles. The van der Waals surface area contributed by atoms with Crippen LogP contribution in [0.2, 0.25) is 0 Å². The Bertz CT molecular complexity index is 664. The number of hydrogen-bond donors (Lipinski definition) is 4. The van der Waals surface area contributed by atoms with Crippen LogP contribution in [0.25, 0.3) is 0 Å². The van der Waals surface area contributed by atoms with Crippen LogP contribution in [0.3, 0.4) is 0 Å². The average Bonchev–Trinajstić information content (AvgIpc) is 2.51. The van der Waals surface area contributed by atoms with Crippen LogP contribution in [-0.4, -0.2) is 23.3 Å². The fourth-order valence-corrected chi connectivity index (χ4v) is 4.76. The lowest BCUT2D eigenvalue weighted by Crippen LogP contribution is -2.26. The number of halogens is 4. The number of phenols is 2. The van der Waals surface area contributed by atoms with Crippen LogP contribution in [0.4, 0.5) is 0 Å². The van der Waals surface area contributed by atoms with E-state index in [-0.39, 0.29) is 11.5 Å². The molecule has 0 unspecified atom stereocenters. The molecule has 0 aliphatic heterocycles. The number of phenolic OH excluding ortho intramolecular Hbond substituents is 2. The van der Waals surface area contributed by atoms with Gasteiger partial charge in [0.25, 0.3) is 0 Å². The van der Waals surface area contributed by atoms with Gasteiger partial charge in [0.1, 0.15) is 11.5 Å². The van der Waals surface area contributed by atoms with Crippen molar-refractivity contribution < 1.29 is 10.2 Å². The van der Waals surface area contributed by atoms with Crippen molar-refractivity contribution >= 4 is 63.7 Å². The molecule has 4 N–H and O–H groups in total. The molecule has 0 aliphatic rings. The Hall–Kier alpha value is -0.120. The van der Waals surface area contributed by atoms with Crippen molar-refractivity contribution in [1.82, 2.24) is 10.6 Å². The van der Waals surface area contributed by atoms with Crippen LogP contribution in [0.5, 0.6) is 11.5 Å². The smallest absolute Gasteiger partial charge is 0.134 e. The standard InChI is InChI=1S/C16H16Br4N2O2/c17-11-3-9(15(23)13(19)5-11)7-21-1-2-22-8-10-4-12(18)6-14(20)16(10)24/h3-6,21-24H,1-2,7-8H2. The third kappa shape index (κ3) is 5.71. The molecule has 0 bridgehead atoms. The average molecular weight is 588 g/mol. The van der Waals surface area contributed by atoms with E-state index in [2.05, 4.69) is 74.4 Å². The lowest BCUT2D eigenvalue weighted by Gasteiger charge is -2.11. The first kappa shape index (κ1) is 20.2. The zero-order chi connectivity index (χ0) is 17.7. The lowest BCUT2D eigenvalue weighted by molar-refractivity contribution is 0.457. The van der Waals surface area contributed by atoms with Gasteiger partial charge in [0, 0.05) is 46.3 Å². The van der Waals surface area contributed by atoms with Gasteiger partial charge in [-0.25, -0.2) is 0 Å². The van der Waals surface area contributed by atoms with E-state index in [0.29, 0.717) is 22.0 Å². The van der Waals surface area contributed by atoms with Crippen molar-refractivity contribution in [2.45, 2.75) is 13.1 Å². The molecular formula is C16H16Br4N2O2. The first-order valence-corrected chi connectivity index (χ1v) is 10.3. The third-order valence-corrected chi connectivity index (χ3v) is 5.45. The summed E-state index contributed by atoms with van der Waals surface area (Å²) in [5.41, 5.74) is 1.65. The Kier molecular flexibility index (Phi) is 8.03. The summed E-state index contributed by atoms with van der Waals surface area (Å²) in [4.78, 5) is 0. The van der Waals surface area contributed by atoms with Crippen molar-refractivity contribution in [1.29, 1.82) is 0 Å². The molecule has 0 heterocycles. The van der Waals surface area contributed by atoms with Crippen molar-refractivity contribution in [2.75, 3.05) is 13.1 Å². The summed E-state index contributed by atoms with van der Waals surface area (Å²) < 4.78 is 3.17. The minimum absolute atomic E-state index is 0.252. The topological polar surface area (TPSA) is 64.5 Å². The zero-order valence-electron chi connectivity index (χ0n) is 12.5. The van der Waals surface area contributed by atoms with E-state index < -0.39 is 0 Å². The van der Waals surface area contributed by atoms with Gasteiger partial charge in [-0.2, -0.15) is 0 Å². The van der Waals surface area contributed by atoms with E-state index >= 15 is 0 Å². The minimum atomic E-state index is 0.252. The fourth-order valence-electron chi connectivity index (χ4n) is 2.13. The molecule has 0 saturated carbocycles. The van der Waals surface area contributed by atoms with Gasteiger partial charge in [-0.3, -0.25) is 0 Å². The Morgan fingerprint density at radius 1 is 0.667 bits per heavy atom. The SMILES string of the molecule is Oc1c(Br)cc(Br)cc1CNCCNCc1cc(Br)cc(Br)c1O. The van der Waals surface area contributed by atoms with Gasteiger partial charge in [0.05, 0.1) is 8.95 Å². The molecule has 0 atom stereocenters. The minimum Gasteiger partial charge on any atom is -0.506 e. The second-order valence-electron chi connectivity index (χ2n) is 5.14. The van der Waals surface area contributed by atoms with Crippen LogP contribution in [0.1, 0.15) is 11.1 Å². The quantitative estimate of drug-likeness (QED) is 0.344. The van der Waals surface area contributed by atoms with E-state index in [0.717, 1.165) is 33.2 Å². The van der Waals surface area contributed by atoms with Crippen molar-refractivity contribution in [3.8, 4) is 11.5 Å². The summed E-state index contributed by atoms with van der Waals surface area (Å²) in [5.74, 6) is 0.505. The van der Waals surface area contributed by atoms with E-state index in [4.69, 9.17) is 0 Å². The lowest BCUT2D eigenvalue weighted by atomic mass is 10.2. The highest BCUT2D eigenvalue weighted by Gasteiger charge is 2.08. The summed E-state index contributed by atoms with van der Waals surface area (Å²) in [6, 6.07) is 7.39. The molecule has 130 valence electrons. The number of aromatic hydroxyl groups is 2. The largest absolute Gasteiger partial charge is 0.506 e. The number of nitrogens with one attached hydrogen (secondary N) is 2. The summed E-state index contributed by atoms with van der Waals surface area (Å²) in [5, 5.41) is 26.5. The molecule has 2 aromatic rings. The molecule has 4 nitrogen and oxygen atoms in total. The number of rotatable bonds is 7. The van der Waals surface area contributed by atoms with E-state index in [1.54, 1.807) is 0 Å². The predicted octanol–water partition coefficient (Wildman–Crippen LogP) is 5.03. The Morgan fingerprint density at radius 2 is 1.04 bits per heavy atom. The molecule has 0 aromatic heterocycles. The van der Waals surface area contributed by atoms with Gasteiger partial charge in [-0.15, -0.1) is 0 Å². The number of benzene rings is 2. The van der Waals surface area contributed by atoms with Crippen molar-refractivity contribution in [3.63, 3.8) is 0 Å². The maximum absolute atomic E-state index is 10.00. The highest BCUT2D eigenvalue weighted by Crippen LogP contribution is 2.32. The molecule has 8 heteroatoms. The van der Waals surface area contributed by atoms with E-state index in [1.165, 1.54) is 0 Å². The van der Waals surface area contributed by atoms with Crippen LogP contribution in [0, 0.1) is 0 Å². The van der Waals surface area contributed by atoms with Crippen LogP contribution >= 0.6 is 63.7 Å². The molecule has 0 spiro atoms. The predicted molar refractivity (Wildman–Crippen MR) is 110 cm³/mol. The molecule has 24 heavy (non-hydrogen) atoms.